The van der Waals surface area contributed by atoms with Gasteiger partial charge in [-0.1, -0.05) is 20.3 Å². The van der Waals surface area contributed by atoms with Crippen LogP contribution in [-0.4, -0.2) is 24.9 Å². The van der Waals surface area contributed by atoms with Crippen LogP contribution in [0.1, 0.15) is 33.1 Å². The number of hydrogen-bond acceptors (Lipinski definition) is 2. The van der Waals surface area contributed by atoms with Crippen LogP contribution in [0.25, 0.3) is 0 Å². The lowest BCUT2D eigenvalue weighted by Crippen LogP contribution is -2.62. The van der Waals surface area contributed by atoms with Crippen molar-refractivity contribution in [2.75, 3.05) is 19.8 Å². The van der Waals surface area contributed by atoms with Gasteiger partial charge in [0.2, 0.25) is 0 Å². The van der Waals surface area contributed by atoms with E-state index in [1.807, 2.05) is 0 Å². The summed E-state index contributed by atoms with van der Waals surface area (Å²) in [6.07, 6.45) is 3.69. The van der Waals surface area contributed by atoms with Crippen molar-refractivity contribution in [1.29, 1.82) is 0 Å². The minimum Gasteiger partial charge on any atom is -0.396 e. The second-order valence-electron chi connectivity index (χ2n) is 5.10. The zero-order valence-electron chi connectivity index (χ0n) is 8.68. The van der Waals surface area contributed by atoms with E-state index in [1.165, 1.54) is 19.3 Å². The van der Waals surface area contributed by atoms with Crippen LogP contribution in [0.2, 0.25) is 0 Å². The molecular formula is C11H20O2. The molecule has 76 valence electrons. The summed E-state index contributed by atoms with van der Waals surface area (Å²) in [7, 11) is 0. The summed E-state index contributed by atoms with van der Waals surface area (Å²) in [6, 6.07) is 0. The van der Waals surface area contributed by atoms with E-state index >= 15 is 0 Å². The quantitative estimate of drug-likeness (QED) is 0.725. The summed E-state index contributed by atoms with van der Waals surface area (Å²) in [4.78, 5) is 0. The van der Waals surface area contributed by atoms with Crippen LogP contribution in [0.4, 0.5) is 0 Å². The first kappa shape index (κ1) is 9.47. The third kappa shape index (κ3) is 1.02. The van der Waals surface area contributed by atoms with Crippen LogP contribution in [0.15, 0.2) is 0 Å². The third-order valence-corrected chi connectivity index (χ3v) is 4.49. The maximum Gasteiger partial charge on any atom is 0.0553 e. The van der Waals surface area contributed by atoms with Crippen molar-refractivity contribution in [1.82, 2.24) is 0 Å². The Hall–Kier alpha value is -0.0800. The van der Waals surface area contributed by atoms with Crippen LogP contribution in [0.3, 0.4) is 0 Å². The van der Waals surface area contributed by atoms with Gasteiger partial charge in [-0.2, -0.15) is 0 Å². The van der Waals surface area contributed by atoms with Gasteiger partial charge in [0, 0.05) is 17.4 Å². The van der Waals surface area contributed by atoms with E-state index in [1.54, 1.807) is 0 Å². The third-order valence-electron chi connectivity index (χ3n) is 4.49. The Morgan fingerprint density at radius 3 is 2.00 bits per heavy atom. The first-order valence-electron chi connectivity index (χ1n) is 5.35. The summed E-state index contributed by atoms with van der Waals surface area (Å²) in [5.74, 6) is 0.633. The standard InChI is InChI=1S/C11H20O2/c1-9(2)11(7-13-8-11)10(6-12)4-3-5-10/h9,12H,3-8H2,1-2H3. The Bertz CT molecular complexity index is 185. The molecule has 1 aliphatic heterocycles. The van der Waals surface area contributed by atoms with Crippen LogP contribution < -0.4 is 0 Å². The summed E-state index contributed by atoms with van der Waals surface area (Å²) < 4.78 is 5.37. The van der Waals surface area contributed by atoms with Gasteiger partial charge >= 0.3 is 0 Å². The van der Waals surface area contributed by atoms with Crippen molar-refractivity contribution in [2.24, 2.45) is 16.7 Å². The molecule has 0 bridgehead atoms. The van der Waals surface area contributed by atoms with Gasteiger partial charge in [0.1, 0.15) is 0 Å². The molecule has 2 aliphatic rings. The Balaban J connectivity index is 2.19. The molecular weight excluding hydrogens is 164 g/mol. The van der Waals surface area contributed by atoms with Gasteiger partial charge in [-0.05, 0) is 18.8 Å². The van der Waals surface area contributed by atoms with Gasteiger partial charge < -0.3 is 9.84 Å². The lowest BCUT2D eigenvalue weighted by Gasteiger charge is -2.61. The fourth-order valence-electron chi connectivity index (χ4n) is 2.99. The molecule has 1 saturated carbocycles. The average Bonchev–Trinajstić information content (AvgIpc) is 1.91. The molecule has 0 aromatic heterocycles. The largest absolute Gasteiger partial charge is 0.396 e. The Morgan fingerprint density at radius 1 is 1.31 bits per heavy atom. The van der Waals surface area contributed by atoms with Crippen molar-refractivity contribution in [2.45, 2.75) is 33.1 Å². The van der Waals surface area contributed by atoms with E-state index in [2.05, 4.69) is 13.8 Å². The van der Waals surface area contributed by atoms with Crippen molar-refractivity contribution in [3.05, 3.63) is 0 Å². The number of aliphatic hydroxyl groups is 1. The highest BCUT2D eigenvalue weighted by Crippen LogP contribution is 2.60. The molecule has 1 saturated heterocycles. The van der Waals surface area contributed by atoms with Gasteiger partial charge in [0.15, 0.2) is 0 Å². The lowest BCUT2D eigenvalue weighted by molar-refractivity contribution is -0.245. The van der Waals surface area contributed by atoms with Crippen molar-refractivity contribution in [3.8, 4) is 0 Å². The zero-order valence-corrected chi connectivity index (χ0v) is 8.68. The molecule has 2 heteroatoms. The monoisotopic (exact) mass is 184 g/mol. The predicted octanol–water partition coefficient (Wildman–Crippen LogP) is 1.82. The van der Waals surface area contributed by atoms with Crippen molar-refractivity contribution < 1.29 is 9.84 Å². The van der Waals surface area contributed by atoms with Crippen molar-refractivity contribution in [3.63, 3.8) is 0 Å². The Labute approximate surface area is 80.3 Å². The number of aliphatic hydroxyl groups excluding tert-OH is 1. The second-order valence-corrected chi connectivity index (χ2v) is 5.10. The van der Waals surface area contributed by atoms with E-state index in [4.69, 9.17) is 4.74 Å². The second kappa shape index (κ2) is 2.96. The molecule has 1 N–H and O–H groups in total. The van der Waals surface area contributed by atoms with Crippen LogP contribution in [0, 0.1) is 16.7 Å². The fourth-order valence-corrected chi connectivity index (χ4v) is 2.99. The first-order chi connectivity index (χ1) is 6.17. The summed E-state index contributed by atoms with van der Waals surface area (Å²) in [6.45, 7) is 6.61. The molecule has 0 aromatic rings. The SMILES string of the molecule is CC(C)C1(C2(CO)CCC2)COC1. The summed E-state index contributed by atoms with van der Waals surface area (Å²) >= 11 is 0. The molecule has 0 aromatic carbocycles. The normalized spacial score (nSPS) is 29.5. The Kier molecular flexibility index (Phi) is 2.16. The van der Waals surface area contributed by atoms with Crippen molar-refractivity contribution >= 4 is 0 Å². The molecule has 1 aliphatic carbocycles. The number of rotatable bonds is 3. The molecule has 2 rings (SSSR count). The van der Waals surface area contributed by atoms with Crippen LogP contribution in [0.5, 0.6) is 0 Å². The van der Waals surface area contributed by atoms with E-state index < -0.39 is 0 Å². The average molecular weight is 184 g/mol. The fraction of sp³-hybridized carbons (Fsp3) is 1.00. The molecule has 0 amide bonds. The predicted molar refractivity (Wildman–Crippen MR) is 51.5 cm³/mol. The maximum absolute atomic E-state index is 9.53. The van der Waals surface area contributed by atoms with Crippen LogP contribution >= 0.6 is 0 Å². The first-order valence-corrected chi connectivity index (χ1v) is 5.35. The highest BCUT2D eigenvalue weighted by atomic mass is 16.5. The minimum atomic E-state index is 0.208. The van der Waals surface area contributed by atoms with E-state index in [0.29, 0.717) is 17.9 Å². The Morgan fingerprint density at radius 2 is 1.92 bits per heavy atom. The zero-order chi connectivity index (χ0) is 9.53. The highest BCUT2D eigenvalue weighted by molar-refractivity contribution is 5.07. The van der Waals surface area contributed by atoms with Gasteiger partial charge in [-0.25, -0.2) is 0 Å². The molecule has 0 unspecified atom stereocenters. The number of ether oxygens (including phenoxy) is 1. The maximum atomic E-state index is 9.53. The van der Waals surface area contributed by atoms with Gasteiger partial charge in [-0.15, -0.1) is 0 Å². The molecule has 0 spiro atoms. The highest BCUT2D eigenvalue weighted by Gasteiger charge is 2.59. The van der Waals surface area contributed by atoms with Gasteiger partial charge in [0.05, 0.1) is 13.2 Å². The molecule has 2 nitrogen and oxygen atoms in total. The van der Waals surface area contributed by atoms with Crippen LogP contribution in [-0.2, 0) is 4.74 Å². The molecule has 0 atom stereocenters. The summed E-state index contributed by atoms with van der Waals surface area (Å²) in [5, 5.41) is 9.53. The van der Waals surface area contributed by atoms with Gasteiger partial charge in [-0.3, -0.25) is 0 Å². The number of hydrogen-bond donors (Lipinski definition) is 1. The minimum absolute atomic E-state index is 0.208. The molecule has 0 radical (unpaired) electrons. The smallest absolute Gasteiger partial charge is 0.0553 e. The van der Waals surface area contributed by atoms with E-state index in [9.17, 15) is 5.11 Å². The van der Waals surface area contributed by atoms with E-state index in [0.717, 1.165) is 13.2 Å². The van der Waals surface area contributed by atoms with E-state index in [-0.39, 0.29) is 5.41 Å². The molecule has 2 fully saturated rings. The molecule has 1 heterocycles. The molecule has 13 heavy (non-hydrogen) atoms. The topological polar surface area (TPSA) is 29.5 Å². The van der Waals surface area contributed by atoms with Gasteiger partial charge in [0.25, 0.3) is 0 Å². The lowest BCUT2D eigenvalue weighted by atomic mass is 9.49. The summed E-state index contributed by atoms with van der Waals surface area (Å²) in [5.41, 5.74) is 0.499.